The van der Waals surface area contributed by atoms with Crippen LogP contribution in [0.3, 0.4) is 0 Å². The van der Waals surface area contributed by atoms with Crippen molar-refractivity contribution >= 4 is 17.3 Å². The number of rotatable bonds is 3. The van der Waals surface area contributed by atoms with Crippen LogP contribution in [0.4, 0.5) is 11.4 Å². The lowest BCUT2D eigenvalue weighted by Gasteiger charge is -2.14. The van der Waals surface area contributed by atoms with Crippen molar-refractivity contribution in [3.05, 3.63) is 34.4 Å². The van der Waals surface area contributed by atoms with E-state index in [-0.39, 0.29) is 23.6 Å². The Morgan fingerprint density at radius 2 is 2.33 bits per heavy atom. The number of anilines is 1. The second-order valence-corrected chi connectivity index (χ2v) is 4.43. The molecule has 2 N–H and O–H groups in total. The van der Waals surface area contributed by atoms with Crippen LogP contribution in [-0.4, -0.2) is 23.4 Å². The van der Waals surface area contributed by atoms with Crippen LogP contribution < -0.4 is 10.6 Å². The van der Waals surface area contributed by atoms with Gasteiger partial charge < -0.3 is 10.6 Å². The Balaban J connectivity index is 2.07. The fourth-order valence-corrected chi connectivity index (χ4v) is 2.15. The van der Waals surface area contributed by atoms with E-state index < -0.39 is 4.92 Å². The normalized spacial score (nSPS) is 22.7. The molecule has 1 aromatic carbocycles. The third-order valence-electron chi connectivity index (χ3n) is 3.19. The number of nitro benzene ring substituents is 1. The van der Waals surface area contributed by atoms with Gasteiger partial charge in [-0.25, -0.2) is 0 Å². The Morgan fingerprint density at radius 3 is 2.94 bits per heavy atom. The molecule has 0 bridgehead atoms. The highest BCUT2D eigenvalue weighted by Crippen LogP contribution is 2.20. The van der Waals surface area contributed by atoms with E-state index in [0.29, 0.717) is 5.69 Å². The maximum Gasteiger partial charge on any atom is 0.271 e. The lowest BCUT2D eigenvalue weighted by atomic mass is 10.0. The maximum absolute atomic E-state index is 12.0. The summed E-state index contributed by atoms with van der Waals surface area (Å²) in [6, 6.07) is 6.12. The minimum absolute atomic E-state index is 0.0228. The largest absolute Gasteiger partial charge is 0.326 e. The first-order valence-corrected chi connectivity index (χ1v) is 5.86. The lowest BCUT2D eigenvalue weighted by Crippen LogP contribution is -2.32. The van der Waals surface area contributed by atoms with Gasteiger partial charge >= 0.3 is 0 Å². The Labute approximate surface area is 105 Å². The fraction of sp³-hybridized carbons (Fsp3) is 0.417. The molecule has 0 aromatic heterocycles. The van der Waals surface area contributed by atoms with Gasteiger partial charge in [0, 0.05) is 23.9 Å². The van der Waals surface area contributed by atoms with Gasteiger partial charge in [-0.3, -0.25) is 14.9 Å². The highest BCUT2D eigenvalue weighted by atomic mass is 16.6. The van der Waals surface area contributed by atoms with Crippen molar-refractivity contribution in [3.63, 3.8) is 0 Å². The molecule has 0 spiro atoms. The van der Waals surface area contributed by atoms with Gasteiger partial charge in [0.2, 0.25) is 5.91 Å². The van der Waals surface area contributed by atoms with E-state index in [1.54, 1.807) is 12.1 Å². The van der Waals surface area contributed by atoms with Crippen LogP contribution in [-0.2, 0) is 4.79 Å². The summed E-state index contributed by atoms with van der Waals surface area (Å²) >= 11 is 0. The molecule has 6 nitrogen and oxygen atoms in total. The Bertz CT molecular complexity index is 475. The molecule has 1 saturated heterocycles. The zero-order valence-corrected chi connectivity index (χ0v) is 10.1. The van der Waals surface area contributed by atoms with E-state index in [1.807, 2.05) is 6.92 Å². The first-order chi connectivity index (χ1) is 8.58. The van der Waals surface area contributed by atoms with Crippen molar-refractivity contribution in [3.8, 4) is 0 Å². The van der Waals surface area contributed by atoms with E-state index in [9.17, 15) is 14.9 Å². The van der Waals surface area contributed by atoms with Crippen molar-refractivity contribution in [2.24, 2.45) is 5.92 Å². The van der Waals surface area contributed by atoms with Crippen molar-refractivity contribution in [1.82, 2.24) is 5.32 Å². The van der Waals surface area contributed by atoms with Crippen molar-refractivity contribution < 1.29 is 9.72 Å². The predicted octanol–water partition coefficient (Wildman–Crippen LogP) is 1.53. The highest BCUT2D eigenvalue weighted by molar-refractivity contribution is 5.93. The second-order valence-electron chi connectivity index (χ2n) is 4.43. The standard InChI is InChI=1S/C12H15N3O3/c1-8-11(5-6-13-8)12(16)14-9-3-2-4-10(7-9)15(17)18/h2-4,7-8,11,13H,5-6H2,1H3,(H,14,16). The number of carbonyl (C=O) groups excluding carboxylic acids is 1. The quantitative estimate of drug-likeness (QED) is 0.628. The Hall–Kier alpha value is -1.95. The van der Waals surface area contributed by atoms with Gasteiger partial charge in [-0.2, -0.15) is 0 Å². The number of hydrogen-bond donors (Lipinski definition) is 2. The molecule has 1 fully saturated rings. The molecule has 18 heavy (non-hydrogen) atoms. The maximum atomic E-state index is 12.0. The van der Waals surface area contributed by atoms with Gasteiger partial charge in [-0.05, 0) is 26.0 Å². The van der Waals surface area contributed by atoms with E-state index >= 15 is 0 Å². The summed E-state index contributed by atoms with van der Waals surface area (Å²) < 4.78 is 0. The van der Waals surface area contributed by atoms with Crippen molar-refractivity contribution in [2.75, 3.05) is 11.9 Å². The summed E-state index contributed by atoms with van der Waals surface area (Å²) in [5.41, 5.74) is 0.443. The molecule has 1 aliphatic heterocycles. The first kappa shape index (κ1) is 12.5. The molecule has 2 unspecified atom stereocenters. The van der Waals surface area contributed by atoms with Gasteiger partial charge in [0.25, 0.3) is 5.69 Å². The Morgan fingerprint density at radius 1 is 1.56 bits per heavy atom. The summed E-state index contributed by atoms with van der Waals surface area (Å²) in [6.45, 7) is 2.79. The summed E-state index contributed by atoms with van der Waals surface area (Å²) in [6.07, 6.45) is 0.794. The van der Waals surface area contributed by atoms with Crippen LogP contribution >= 0.6 is 0 Å². The van der Waals surface area contributed by atoms with Gasteiger partial charge in [0.05, 0.1) is 10.8 Å². The van der Waals surface area contributed by atoms with Crippen molar-refractivity contribution in [1.29, 1.82) is 0 Å². The number of benzene rings is 1. The van der Waals surface area contributed by atoms with Gasteiger partial charge in [0.1, 0.15) is 0 Å². The summed E-state index contributed by atoms with van der Waals surface area (Å²) in [7, 11) is 0. The molecule has 2 atom stereocenters. The smallest absolute Gasteiger partial charge is 0.271 e. The van der Waals surface area contributed by atoms with Gasteiger partial charge in [-0.15, -0.1) is 0 Å². The monoisotopic (exact) mass is 249 g/mol. The summed E-state index contributed by atoms with van der Waals surface area (Å²) in [5.74, 6) is -0.169. The molecule has 0 radical (unpaired) electrons. The number of carbonyl (C=O) groups is 1. The van der Waals surface area contributed by atoms with Gasteiger partial charge in [-0.1, -0.05) is 6.07 Å². The number of amides is 1. The molecular formula is C12H15N3O3. The molecule has 96 valence electrons. The van der Waals surface area contributed by atoms with E-state index in [4.69, 9.17) is 0 Å². The van der Waals surface area contributed by atoms with Crippen molar-refractivity contribution in [2.45, 2.75) is 19.4 Å². The van der Waals surface area contributed by atoms with Crippen LogP contribution in [0.5, 0.6) is 0 Å². The number of nitrogens with zero attached hydrogens (tertiary/aromatic N) is 1. The van der Waals surface area contributed by atoms with E-state index in [1.165, 1.54) is 12.1 Å². The average Bonchev–Trinajstić information content (AvgIpc) is 2.76. The Kier molecular flexibility index (Phi) is 3.57. The zero-order chi connectivity index (χ0) is 13.1. The summed E-state index contributed by atoms with van der Waals surface area (Å²) in [4.78, 5) is 22.1. The molecule has 0 saturated carbocycles. The predicted molar refractivity (Wildman–Crippen MR) is 67.3 cm³/mol. The molecule has 1 heterocycles. The van der Waals surface area contributed by atoms with Crippen LogP contribution in [0.2, 0.25) is 0 Å². The molecule has 1 aromatic rings. The molecule has 6 heteroatoms. The van der Waals surface area contributed by atoms with E-state index in [0.717, 1.165) is 13.0 Å². The summed E-state index contributed by atoms with van der Waals surface area (Å²) in [5, 5.41) is 16.6. The number of non-ortho nitro benzene ring substituents is 1. The van der Waals surface area contributed by atoms with Crippen LogP contribution in [0.15, 0.2) is 24.3 Å². The van der Waals surface area contributed by atoms with Crippen LogP contribution in [0.25, 0.3) is 0 Å². The topological polar surface area (TPSA) is 84.3 Å². The third kappa shape index (κ3) is 2.65. The number of hydrogen-bond acceptors (Lipinski definition) is 4. The lowest BCUT2D eigenvalue weighted by molar-refractivity contribution is -0.384. The van der Waals surface area contributed by atoms with E-state index in [2.05, 4.69) is 10.6 Å². The first-order valence-electron chi connectivity index (χ1n) is 5.86. The third-order valence-corrected chi connectivity index (χ3v) is 3.19. The highest BCUT2D eigenvalue weighted by Gasteiger charge is 2.29. The molecule has 1 amide bonds. The molecular weight excluding hydrogens is 234 g/mol. The molecule has 1 aliphatic rings. The molecule has 2 rings (SSSR count). The second kappa shape index (κ2) is 5.14. The fourth-order valence-electron chi connectivity index (χ4n) is 2.15. The number of nitro groups is 1. The molecule has 0 aliphatic carbocycles. The minimum atomic E-state index is -0.477. The minimum Gasteiger partial charge on any atom is -0.326 e. The van der Waals surface area contributed by atoms with Crippen LogP contribution in [0, 0.1) is 16.0 Å². The van der Waals surface area contributed by atoms with Gasteiger partial charge in [0.15, 0.2) is 0 Å². The SMILES string of the molecule is CC1NCCC1C(=O)Nc1cccc([N+](=O)[O-])c1. The van der Waals surface area contributed by atoms with Crippen LogP contribution in [0.1, 0.15) is 13.3 Å². The average molecular weight is 249 g/mol. The number of nitrogens with one attached hydrogen (secondary N) is 2. The zero-order valence-electron chi connectivity index (χ0n) is 10.1.